The van der Waals surface area contributed by atoms with Crippen LogP contribution >= 0.6 is 0 Å². The Morgan fingerprint density at radius 1 is 1.07 bits per heavy atom. The van der Waals surface area contributed by atoms with Crippen molar-refractivity contribution in [2.75, 3.05) is 10.6 Å². The predicted molar refractivity (Wildman–Crippen MR) is 111 cm³/mol. The van der Waals surface area contributed by atoms with Gasteiger partial charge in [-0.25, -0.2) is 9.37 Å². The van der Waals surface area contributed by atoms with Crippen LogP contribution in [0.4, 0.5) is 22.0 Å². The highest BCUT2D eigenvalue weighted by Gasteiger charge is 2.07. The second-order valence-electron chi connectivity index (χ2n) is 7.09. The van der Waals surface area contributed by atoms with Crippen molar-refractivity contribution in [3.05, 3.63) is 76.7 Å². The summed E-state index contributed by atoms with van der Waals surface area (Å²) in [5, 5.41) is 17.4. The van der Waals surface area contributed by atoms with Gasteiger partial charge in [0.1, 0.15) is 11.6 Å². The van der Waals surface area contributed by atoms with Crippen LogP contribution in [0, 0.1) is 19.7 Å². The number of anilines is 3. The molecule has 3 aromatic heterocycles. The molecule has 0 aliphatic rings. The highest BCUT2D eigenvalue weighted by atomic mass is 19.1. The summed E-state index contributed by atoms with van der Waals surface area (Å²) in [6.07, 6.45) is 3.11. The third kappa shape index (κ3) is 5.19. The first-order valence-corrected chi connectivity index (χ1v) is 9.60. The highest BCUT2D eigenvalue weighted by Crippen LogP contribution is 2.16. The number of aromatic nitrogens is 5. The molecule has 0 spiro atoms. The number of H-pyrrole nitrogens is 1. The molecular weight excluding hydrogens is 385 g/mol. The average molecular weight is 407 g/mol. The molecule has 4 aromatic rings. The van der Waals surface area contributed by atoms with E-state index < -0.39 is 0 Å². The number of benzene rings is 1. The Morgan fingerprint density at radius 2 is 1.97 bits per heavy atom. The van der Waals surface area contributed by atoms with Crippen molar-refractivity contribution in [1.82, 2.24) is 25.3 Å². The third-order valence-corrected chi connectivity index (χ3v) is 4.43. The van der Waals surface area contributed by atoms with Crippen LogP contribution < -0.4 is 10.6 Å². The molecule has 0 aliphatic carbocycles. The molecule has 0 radical (unpaired) electrons. The fraction of sp³-hybridized carbons (Fsp3) is 0.238. The van der Waals surface area contributed by atoms with Gasteiger partial charge in [-0.1, -0.05) is 11.2 Å². The second kappa shape index (κ2) is 8.73. The molecule has 0 fully saturated rings. The number of hydrogen-bond acceptors (Lipinski definition) is 7. The number of halogens is 1. The van der Waals surface area contributed by atoms with Gasteiger partial charge in [0.05, 0.1) is 12.2 Å². The zero-order chi connectivity index (χ0) is 20.9. The number of hydrogen-bond donors (Lipinski definition) is 3. The maximum atomic E-state index is 13.5. The van der Waals surface area contributed by atoms with Gasteiger partial charge in [0.2, 0.25) is 5.95 Å². The fourth-order valence-corrected chi connectivity index (χ4v) is 3.10. The van der Waals surface area contributed by atoms with Crippen molar-refractivity contribution in [3.8, 4) is 0 Å². The van der Waals surface area contributed by atoms with Crippen LogP contribution in [0.2, 0.25) is 0 Å². The van der Waals surface area contributed by atoms with Crippen LogP contribution in [0.25, 0.3) is 0 Å². The maximum absolute atomic E-state index is 13.5. The molecule has 0 aliphatic heterocycles. The van der Waals surface area contributed by atoms with E-state index in [1.807, 2.05) is 32.0 Å². The zero-order valence-corrected chi connectivity index (χ0v) is 16.7. The number of rotatable bonds is 8. The molecule has 4 rings (SSSR count). The standard InChI is InChI=1S/C21H22FN7O/c1-13-7-15(10-16(22)8-13)3-4-17-11-20(28-27-17)25-19-5-6-23-21(26-19)24-12-18-9-14(2)29-30-18/h5-11H,3-4,12H2,1-2H3,(H3,23,24,25,26,27,28). The Morgan fingerprint density at radius 3 is 2.77 bits per heavy atom. The molecule has 0 saturated carbocycles. The molecule has 9 heteroatoms. The second-order valence-corrected chi connectivity index (χ2v) is 7.09. The Labute approximate surface area is 172 Å². The Bertz CT molecular complexity index is 1120. The van der Waals surface area contributed by atoms with Crippen LogP contribution in [0.15, 0.2) is 47.1 Å². The lowest BCUT2D eigenvalue weighted by molar-refractivity contribution is 0.384. The lowest BCUT2D eigenvalue weighted by Crippen LogP contribution is -2.04. The largest absolute Gasteiger partial charge is 0.359 e. The van der Waals surface area contributed by atoms with Gasteiger partial charge in [-0.15, -0.1) is 0 Å². The molecule has 8 nitrogen and oxygen atoms in total. The smallest absolute Gasteiger partial charge is 0.224 e. The summed E-state index contributed by atoms with van der Waals surface area (Å²) >= 11 is 0. The summed E-state index contributed by atoms with van der Waals surface area (Å²) in [6.45, 7) is 4.20. The van der Waals surface area contributed by atoms with Crippen LogP contribution in [-0.2, 0) is 19.4 Å². The van der Waals surface area contributed by atoms with Crippen LogP contribution in [-0.4, -0.2) is 25.3 Å². The van der Waals surface area contributed by atoms with Gasteiger partial charge in [-0.2, -0.15) is 10.1 Å². The quantitative estimate of drug-likeness (QED) is 0.404. The van der Waals surface area contributed by atoms with E-state index in [9.17, 15) is 4.39 Å². The Balaban J connectivity index is 1.34. The van der Waals surface area contributed by atoms with E-state index in [2.05, 4.69) is 36.0 Å². The molecule has 30 heavy (non-hydrogen) atoms. The van der Waals surface area contributed by atoms with E-state index in [0.717, 1.165) is 35.4 Å². The van der Waals surface area contributed by atoms with Gasteiger partial charge in [0.25, 0.3) is 0 Å². The van der Waals surface area contributed by atoms with Crippen LogP contribution in [0.3, 0.4) is 0 Å². The van der Waals surface area contributed by atoms with Crippen molar-refractivity contribution in [2.24, 2.45) is 0 Å². The average Bonchev–Trinajstić information content (AvgIpc) is 3.33. The summed E-state index contributed by atoms with van der Waals surface area (Å²) < 4.78 is 18.7. The van der Waals surface area contributed by atoms with Crippen LogP contribution in [0.5, 0.6) is 0 Å². The SMILES string of the molecule is Cc1cc(F)cc(CCc2cc(Nc3ccnc(NCc4cc(C)no4)n3)n[nH]2)c1. The van der Waals surface area contributed by atoms with E-state index in [0.29, 0.717) is 29.9 Å². The van der Waals surface area contributed by atoms with Crippen LogP contribution in [0.1, 0.15) is 28.3 Å². The zero-order valence-electron chi connectivity index (χ0n) is 16.7. The van der Waals surface area contributed by atoms with Gasteiger partial charge in [0.15, 0.2) is 11.6 Å². The van der Waals surface area contributed by atoms with E-state index in [4.69, 9.17) is 4.52 Å². The van der Waals surface area contributed by atoms with E-state index in [1.54, 1.807) is 18.3 Å². The predicted octanol–water partition coefficient (Wildman–Crippen LogP) is 4.08. The molecule has 0 amide bonds. The van der Waals surface area contributed by atoms with Gasteiger partial charge in [-0.3, -0.25) is 5.10 Å². The molecule has 154 valence electrons. The van der Waals surface area contributed by atoms with Crippen molar-refractivity contribution in [2.45, 2.75) is 33.2 Å². The van der Waals surface area contributed by atoms with Crippen molar-refractivity contribution in [3.63, 3.8) is 0 Å². The first-order valence-electron chi connectivity index (χ1n) is 9.60. The normalized spacial score (nSPS) is 10.9. The molecule has 0 saturated heterocycles. The summed E-state index contributed by atoms with van der Waals surface area (Å²) in [6, 6.07) is 10.6. The summed E-state index contributed by atoms with van der Waals surface area (Å²) in [5.41, 5.74) is 3.66. The minimum atomic E-state index is -0.205. The Kier molecular flexibility index (Phi) is 5.69. The minimum absolute atomic E-state index is 0.205. The van der Waals surface area contributed by atoms with E-state index in [1.165, 1.54) is 6.07 Å². The fourth-order valence-electron chi connectivity index (χ4n) is 3.10. The molecule has 3 N–H and O–H groups in total. The Hall–Kier alpha value is -3.75. The molecular formula is C21H22FN7O. The molecule has 0 unspecified atom stereocenters. The first kappa shape index (κ1) is 19.6. The maximum Gasteiger partial charge on any atom is 0.224 e. The summed E-state index contributed by atoms with van der Waals surface area (Å²) in [4.78, 5) is 8.62. The number of nitrogens with zero attached hydrogens (tertiary/aromatic N) is 4. The van der Waals surface area contributed by atoms with Crippen molar-refractivity contribution in [1.29, 1.82) is 0 Å². The highest BCUT2D eigenvalue weighted by molar-refractivity contribution is 5.53. The summed E-state index contributed by atoms with van der Waals surface area (Å²) in [7, 11) is 0. The van der Waals surface area contributed by atoms with Gasteiger partial charge < -0.3 is 15.2 Å². The molecule has 3 heterocycles. The summed E-state index contributed by atoms with van der Waals surface area (Å²) in [5.74, 6) is 2.23. The lowest BCUT2D eigenvalue weighted by atomic mass is 10.1. The monoisotopic (exact) mass is 407 g/mol. The van der Waals surface area contributed by atoms with Crippen molar-refractivity contribution >= 4 is 17.6 Å². The van der Waals surface area contributed by atoms with Gasteiger partial charge in [-0.05, 0) is 56.0 Å². The van der Waals surface area contributed by atoms with Gasteiger partial charge >= 0.3 is 0 Å². The third-order valence-electron chi connectivity index (χ3n) is 4.43. The first-order chi connectivity index (χ1) is 14.5. The van der Waals surface area contributed by atoms with E-state index in [-0.39, 0.29) is 5.82 Å². The molecule has 1 aromatic carbocycles. The number of aryl methyl sites for hydroxylation is 4. The van der Waals surface area contributed by atoms with E-state index >= 15 is 0 Å². The van der Waals surface area contributed by atoms with Crippen molar-refractivity contribution < 1.29 is 8.91 Å². The number of aromatic amines is 1. The minimum Gasteiger partial charge on any atom is -0.359 e. The lowest BCUT2D eigenvalue weighted by Gasteiger charge is -2.05. The topological polar surface area (TPSA) is 105 Å². The molecule has 0 bridgehead atoms. The number of nitrogens with one attached hydrogen (secondary N) is 3. The van der Waals surface area contributed by atoms with Gasteiger partial charge in [0, 0.05) is 24.0 Å². The molecule has 0 atom stereocenters.